The van der Waals surface area contributed by atoms with Gasteiger partial charge in [-0.25, -0.2) is 0 Å². The Balaban J connectivity index is 2.03. The Bertz CT molecular complexity index is 291. The van der Waals surface area contributed by atoms with Crippen molar-refractivity contribution in [3.05, 3.63) is 17.5 Å². The third-order valence-corrected chi connectivity index (χ3v) is 2.66. The number of aryl methyl sites for hydroxylation is 1. The van der Waals surface area contributed by atoms with E-state index in [1.54, 1.807) is 6.07 Å². The largest absolute Gasteiger partial charge is 0.386 e. The lowest BCUT2D eigenvalue weighted by atomic mass is 9.92. The zero-order valence-corrected chi connectivity index (χ0v) is 8.27. The quantitative estimate of drug-likeness (QED) is 0.779. The summed E-state index contributed by atoms with van der Waals surface area (Å²) in [7, 11) is 0. The second-order valence-electron chi connectivity index (χ2n) is 3.76. The lowest BCUT2D eigenvalue weighted by Crippen LogP contribution is -2.22. The Kier molecular flexibility index (Phi) is 2.84. The van der Waals surface area contributed by atoms with Crippen LogP contribution in [0.15, 0.2) is 10.6 Å². The molecule has 0 aliphatic carbocycles. The maximum absolute atomic E-state index is 9.98. The van der Waals surface area contributed by atoms with Crippen LogP contribution in [0.1, 0.15) is 30.4 Å². The van der Waals surface area contributed by atoms with Crippen LogP contribution in [0.4, 0.5) is 0 Å². The van der Waals surface area contributed by atoms with Gasteiger partial charge in [0.25, 0.3) is 0 Å². The van der Waals surface area contributed by atoms with E-state index < -0.39 is 6.10 Å². The highest BCUT2D eigenvalue weighted by Crippen LogP contribution is 2.29. The molecule has 14 heavy (non-hydrogen) atoms. The van der Waals surface area contributed by atoms with Crippen LogP contribution in [-0.2, 0) is 4.74 Å². The van der Waals surface area contributed by atoms with Gasteiger partial charge in [0.1, 0.15) is 17.6 Å². The minimum atomic E-state index is -0.503. The van der Waals surface area contributed by atoms with Gasteiger partial charge in [-0.05, 0) is 25.7 Å². The highest BCUT2D eigenvalue weighted by atomic mass is 16.5. The lowest BCUT2D eigenvalue weighted by molar-refractivity contribution is 0.00449. The van der Waals surface area contributed by atoms with Crippen molar-refractivity contribution < 1.29 is 14.4 Å². The molecule has 1 aromatic rings. The molecule has 2 rings (SSSR count). The normalized spacial score (nSPS) is 21.0. The number of nitrogens with zero attached hydrogens (tertiary/aromatic N) is 1. The molecule has 1 saturated heterocycles. The van der Waals surface area contributed by atoms with Crippen molar-refractivity contribution in [1.29, 1.82) is 0 Å². The molecule has 1 aromatic heterocycles. The second kappa shape index (κ2) is 4.11. The first-order chi connectivity index (χ1) is 6.77. The Morgan fingerprint density at radius 2 is 2.21 bits per heavy atom. The van der Waals surface area contributed by atoms with E-state index in [2.05, 4.69) is 5.16 Å². The first kappa shape index (κ1) is 9.68. The molecule has 0 saturated carbocycles. The summed E-state index contributed by atoms with van der Waals surface area (Å²) in [4.78, 5) is 0. The molecule has 4 heteroatoms. The molecule has 1 aliphatic heterocycles. The van der Waals surface area contributed by atoms with Crippen molar-refractivity contribution in [1.82, 2.24) is 5.16 Å². The summed E-state index contributed by atoms with van der Waals surface area (Å²) in [5, 5.41) is 13.8. The Morgan fingerprint density at radius 3 is 2.79 bits per heavy atom. The van der Waals surface area contributed by atoms with E-state index >= 15 is 0 Å². The van der Waals surface area contributed by atoms with Crippen LogP contribution in [0.5, 0.6) is 0 Å². The molecule has 0 spiro atoms. The van der Waals surface area contributed by atoms with Gasteiger partial charge in [-0.3, -0.25) is 0 Å². The van der Waals surface area contributed by atoms with Crippen molar-refractivity contribution in [2.24, 2.45) is 5.92 Å². The van der Waals surface area contributed by atoms with Crippen LogP contribution in [0.25, 0.3) is 0 Å². The molecule has 1 aliphatic rings. The van der Waals surface area contributed by atoms with Crippen LogP contribution in [-0.4, -0.2) is 23.5 Å². The molecule has 1 N–H and O–H groups in total. The molecule has 0 bridgehead atoms. The average Bonchev–Trinajstić information content (AvgIpc) is 2.65. The van der Waals surface area contributed by atoms with Gasteiger partial charge >= 0.3 is 0 Å². The summed E-state index contributed by atoms with van der Waals surface area (Å²) in [6.07, 6.45) is 1.29. The SMILES string of the molecule is Cc1cc(C(O)C2CCOCC2)no1. The third-order valence-electron chi connectivity index (χ3n) is 2.66. The topological polar surface area (TPSA) is 55.5 Å². The first-order valence-electron chi connectivity index (χ1n) is 4.96. The van der Waals surface area contributed by atoms with E-state index in [4.69, 9.17) is 9.26 Å². The summed E-state index contributed by atoms with van der Waals surface area (Å²) in [6.45, 7) is 3.30. The summed E-state index contributed by atoms with van der Waals surface area (Å²) in [5.74, 6) is 0.999. The van der Waals surface area contributed by atoms with E-state index in [-0.39, 0.29) is 5.92 Å². The van der Waals surface area contributed by atoms with Crippen LogP contribution >= 0.6 is 0 Å². The maximum Gasteiger partial charge on any atom is 0.134 e. The molecule has 0 amide bonds. The number of hydrogen-bond donors (Lipinski definition) is 1. The van der Waals surface area contributed by atoms with Crippen molar-refractivity contribution in [3.8, 4) is 0 Å². The summed E-state index contributed by atoms with van der Waals surface area (Å²) in [5.41, 5.74) is 0.648. The fourth-order valence-corrected chi connectivity index (χ4v) is 1.80. The molecule has 1 unspecified atom stereocenters. The van der Waals surface area contributed by atoms with Gasteiger partial charge in [-0.1, -0.05) is 5.16 Å². The Morgan fingerprint density at radius 1 is 1.50 bits per heavy atom. The number of hydrogen-bond acceptors (Lipinski definition) is 4. The summed E-state index contributed by atoms with van der Waals surface area (Å²) in [6, 6.07) is 1.79. The van der Waals surface area contributed by atoms with Crippen molar-refractivity contribution in [2.45, 2.75) is 25.9 Å². The number of aliphatic hydroxyl groups excluding tert-OH is 1. The molecule has 78 valence electrons. The molecule has 4 nitrogen and oxygen atoms in total. The fourth-order valence-electron chi connectivity index (χ4n) is 1.80. The van der Waals surface area contributed by atoms with Gasteiger partial charge < -0.3 is 14.4 Å². The maximum atomic E-state index is 9.98. The minimum absolute atomic E-state index is 0.258. The number of rotatable bonds is 2. The van der Waals surface area contributed by atoms with Gasteiger partial charge in [0.05, 0.1) is 0 Å². The average molecular weight is 197 g/mol. The van der Waals surface area contributed by atoms with E-state index in [9.17, 15) is 5.11 Å². The van der Waals surface area contributed by atoms with Gasteiger partial charge in [0, 0.05) is 19.3 Å². The monoisotopic (exact) mass is 197 g/mol. The van der Waals surface area contributed by atoms with Gasteiger partial charge in [0.15, 0.2) is 0 Å². The van der Waals surface area contributed by atoms with E-state index in [0.29, 0.717) is 5.69 Å². The molecule has 1 atom stereocenters. The highest BCUT2D eigenvalue weighted by molar-refractivity contribution is 5.07. The second-order valence-corrected chi connectivity index (χ2v) is 3.76. The van der Waals surface area contributed by atoms with E-state index in [1.807, 2.05) is 6.92 Å². The van der Waals surface area contributed by atoms with Crippen LogP contribution in [0, 0.1) is 12.8 Å². The fraction of sp³-hybridized carbons (Fsp3) is 0.700. The lowest BCUT2D eigenvalue weighted by Gasteiger charge is -2.25. The van der Waals surface area contributed by atoms with Gasteiger partial charge in [-0.2, -0.15) is 0 Å². The highest BCUT2D eigenvalue weighted by Gasteiger charge is 2.25. The zero-order valence-electron chi connectivity index (χ0n) is 8.27. The predicted octanol–water partition coefficient (Wildman–Crippen LogP) is 1.44. The smallest absolute Gasteiger partial charge is 0.134 e. The molecule has 0 aromatic carbocycles. The standard InChI is InChI=1S/C10H15NO3/c1-7-6-9(11-14-7)10(12)8-2-4-13-5-3-8/h6,8,10,12H,2-5H2,1H3. The molecular formula is C10H15NO3. The molecule has 1 fully saturated rings. The van der Waals surface area contributed by atoms with Crippen molar-refractivity contribution in [3.63, 3.8) is 0 Å². The first-order valence-corrected chi connectivity index (χ1v) is 4.96. The number of aliphatic hydroxyl groups is 1. The van der Waals surface area contributed by atoms with Crippen molar-refractivity contribution in [2.75, 3.05) is 13.2 Å². The van der Waals surface area contributed by atoms with Crippen LogP contribution in [0.2, 0.25) is 0 Å². The summed E-state index contributed by atoms with van der Waals surface area (Å²) < 4.78 is 10.2. The molecule has 2 heterocycles. The van der Waals surface area contributed by atoms with Gasteiger partial charge in [0.2, 0.25) is 0 Å². The Hall–Kier alpha value is -0.870. The van der Waals surface area contributed by atoms with Crippen LogP contribution in [0.3, 0.4) is 0 Å². The zero-order chi connectivity index (χ0) is 9.97. The Labute approximate surface area is 82.9 Å². The third kappa shape index (κ3) is 1.96. The van der Waals surface area contributed by atoms with E-state index in [0.717, 1.165) is 31.8 Å². The van der Waals surface area contributed by atoms with Crippen LogP contribution < -0.4 is 0 Å². The van der Waals surface area contributed by atoms with Gasteiger partial charge in [-0.15, -0.1) is 0 Å². The van der Waals surface area contributed by atoms with Crippen molar-refractivity contribution >= 4 is 0 Å². The molecular weight excluding hydrogens is 182 g/mol. The molecule has 0 radical (unpaired) electrons. The minimum Gasteiger partial charge on any atom is -0.386 e. The van der Waals surface area contributed by atoms with E-state index in [1.165, 1.54) is 0 Å². The summed E-state index contributed by atoms with van der Waals surface area (Å²) >= 11 is 0. The predicted molar refractivity (Wildman–Crippen MR) is 49.7 cm³/mol. The number of ether oxygens (including phenoxy) is 1. The number of aromatic nitrogens is 1.